The largest absolute Gasteiger partial charge is 0.380 e. The predicted molar refractivity (Wildman–Crippen MR) is 77.4 cm³/mol. The van der Waals surface area contributed by atoms with E-state index in [2.05, 4.69) is 47.6 Å². The Bertz CT molecular complexity index is 565. The summed E-state index contributed by atoms with van der Waals surface area (Å²) in [6, 6.07) is 6.72. The molecule has 1 aliphatic heterocycles. The molecule has 0 saturated carbocycles. The maximum absolute atomic E-state index is 5.89. The highest BCUT2D eigenvalue weighted by Gasteiger charge is 2.31. The highest BCUT2D eigenvalue weighted by atomic mass is 16.5. The van der Waals surface area contributed by atoms with Crippen LogP contribution in [0, 0.1) is 0 Å². The molecule has 1 aromatic carbocycles. The van der Waals surface area contributed by atoms with Crippen LogP contribution in [0.4, 0.5) is 5.69 Å². The monoisotopic (exact) mass is 259 g/mol. The van der Waals surface area contributed by atoms with Crippen LogP contribution in [0.5, 0.6) is 0 Å². The standard InChI is InChI=1S/C15H21N3O/c1-3-15(2)9-12(7-8-19-15)17-13-6-4-5-11-10-16-18-14(11)13/h4-6,10,12,17H,3,7-9H2,1-2H3,(H,16,18). The average molecular weight is 259 g/mol. The third kappa shape index (κ3) is 2.45. The molecule has 0 amide bonds. The van der Waals surface area contributed by atoms with E-state index in [9.17, 15) is 0 Å². The lowest BCUT2D eigenvalue weighted by molar-refractivity contribution is -0.0708. The summed E-state index contributed by atoms with van der Waals surface area (Å²) in [5, 5.41) is 12.0. The average Bonchev–Trinajstić information content (AvgIpc) is 2.88. The van der Waals surface area contributed by atoms with Crippen molar-refractivity contribution in [2.45, 2.75) is 44.8 Å². The molecular formula is C15H21N3O. The van der Waals surface area contributed by atoms with Crippen molar-refractivity contribution in [1.82, 2.24) is 10.2 Å². The molecular weight excluding hydrogens is 238 g/mol. The molecule has 0 radical (unpaired) electrons. The Morgan fingerprint density at radius 3 is 3.26 bits per heavy atom. The molecule has 1 aromatic heterocycles. The number of hydrogen-bond acceptors (Lipinski definition) is 3. The second kappa shape index (κ2) is 4.85. The number of fused-ring (bicyclic) bond motifs is 1. The first-order chi connectivity index (χ1) is 9.20. The Balaban J connectivity index is 1.79. The second-order valence-electron chi connectivity index (χ2n) is 5.63. The van der Waals surface area contributed by atoms with E-state index >= 15 is 0 Å². The summed E-state index contributed by atoms with van der Waals surface area (Å²) < 4.78 is 5.89. The van der Waals surface area contributed by atoms with Gasteiger partial charge in [-0.05, 0) is 32.3 Å². The van der Waals surface area contributed by atoms with Crippen LogP contribution in [0.25, 0.3) is 10.9 Å². The van der Waals surface area contributed by atoms with Crippen LogP contribution in [0.15, 0.2) is 24.4 Å². The zero-order valence-corrected chi connectivity index (χ0v) is 11.6. The van der Waals surface area contributed by atoms with Crippen LogP contribution in [-0.2, 0) is 4.74 Å². The quantitative estimate of drug-likeness (QED) is 0.889. The number of aromatic amines is 1. The van der Waals surface area contributed by atoms with Crippen LogP contribution in [0.1, 0.15) is 33.1 Å². The number of rotatable bonds is 3. The fraction of sp³-hybridized carbons (Fsp3) is 0.533. The van der Waals surface area contributed by atoms with E-state index in [1.807, 2.05) is 6.20 Å². The number of nitrogens with one attached hydrogen (secondary N) is 2. The zero-order chi connectivity index (χ0) is 13.3. The molecule has 2 N–H and O–H groups in total. The van der Waals surface area contributed by atoms with Crippen molar-refractivity contribution >= 4 is 16.6 Å². The Labute approximate surface area is 113 Å². The minimum atomic E-state index is 0.0117. The number of hydrogen-bond donors (Lipinski definition) is 2. The molecule has 4 nitrogen and oxygen atoms in total. The number of aromatic nitrogens is 2. The lowest BCUT2D eigenvalue weighted by atomic mass is 9.90. The molecule has 19 heavy (non-hydrogen) atoms. The van der Waals surface area contributed by atoms with Gasteiger partial charge in [0.2, 0.25) is 0 Å². The summed E-state index contributed by atoms with van der Waals surface area (Å²) in [5.74, 6) is 0. The first-order valence-electron chi connectivity index (χ1n) is 7.03. The fourth-order valence-corrected chi connectivity index (χ4v) is 2.81. The lowest BCUT2D eigenvalue weighted by Crippen LogP contribution is -2.41. The maximum atomic E-state index is 5.89. The Morgan fingerprint density at radius 2 is 2.42 bits per heavy atom. The van der Waals surface area contributed by atoms with E-state index in [0.717, 1.165) is 42.5 Å². The SMILES string of the molecule is CCC1(C)CC(Nc2cccc3cn[nH]c23)CCO1. The normalized spacial score (nSPS) is 27.6. The number of para-hydroxylation sites is 1. The van der Waals surface area contributed by atoms with Crippen LogP contribution in [-0.4, -0.2) is 28.4 Å². The van der Waals surface area contributed by atoms with Crippen molar-refractivity contribution in [3.05, 3.63) is 24.4 Å². The molecule has 2 aromatic rings. The summed E-state index contributed by atoms with van der Waals surface area (Å²) in [5.41, 5.74) is 2.24. The van der Waals surface area contributed by atoms with Crippen LogP contribution < -0.4 is 5.32 Å². The summed E-state index contributed by atoms with van der Waals surface area (Å²) in [6.45, 7) is 5.23. The van der Waals surface area contributed by atoms with Crippen molar-refractivity contribution in [2.24, 2.45) is 0 Å². The smallest absolute Gasteiger partial charge is 0.0881 e. The first kappa shape index (κ1) is 12.5. The number of H-pyrrole nitrogens is 1. The fourth-order valence-electron chi connectivity index (χ4n) is 2.81. The lowest BCUT2D eigenvalue weighted by Gasteiger charge is -2.38. The van der Waals surface area contributed by atoms with Gasteiger partial charge >= 0.3 is 0 Å². The van der Waals surface area contributed by atoms with E-state index in [1.54, 1.807) is 0 Å². The molecule has 0 spiro atoms. The van der Waals surface area contributed by atoms with Gasteiger partial charge in [0.15, 0.2) is 0 Å². The van der Waals surface area contributed by atoms with Crippen LogP contribution in [0.3, 0.4) is 0 Å². The van der Waals surface area contributed by atoms with E-state index in [-0.39, 0.29) is 5.60 Å². The molecule has 2 heterocycles. The number of ether oxygens (including phenoxy) is 1. The number of benzene rings is 1. The molecule has 2 atom stereocenters. The van der Waals surface area contributed by atoms with E-state index in [4.69, 9.17) is 4.74 Å². The molecule has 0 aliphatic carbocycles. The van der Waals surface area contributed by atoms with E-state index in [0.29, 0.717) is 6.04 Å². The summed E-state index contributed by atoms with van der Waals surface area (Å²) >= 11 is 0. The van der Waals surface area contributed by atoms with E-state index < -0.39 is 0 Å². The third-order valence-corrected chi connectivity index (χ3v) is 4.18. The van der Waals surface area contributed by atoms with Gasteiger partial charge < -0.3 is 10.1 Å². The van der Waals surface area contributed by atoms with Crippen molar-refractivity contribution < 1.29 is 4.74 Å². The van der Waals surface area contributed by atoms with Gasteiger partial charge in [-0.1, -0.05) is 19.1 Å². The molecule has 1 saturated heterocycles. The molecule has 4 heteroatoms. The Morgan fingerprint density at radius 1 is 1.53 bits per heavy atom. The van der Waals surface area contributed by atoms with Crippen molar-refractivity contribution in [1.29, 1.82) is 0 Å². The summed E-state index contributed by atoms with van der Waals surface area (Å²) in [4.78, 5) is 0. The van der Waals surface area contributed by atoms with Gasteiger partial charge in [-0.3, -0.25) is 5.10 Å². The third-order valence-electron chi connectivity index (χ3n) is 4.18. The van der Waals surface area contributed by atoms with E-state index in [1.165, 1.54) is 0 Å². The summed E-state index contributed by atoms with van der Waals surface area (Å²) in [6.07, 6.45) is 5.02. The highest BCUT2D eigenvalue weighted by molar-refractivity contribution is 5.89. The van der Waals surface area contributed by atoms with Crippen LogP contribution in [0.2, 0.25) is 0 Å². The molecule has 2 unspecified atom stereocenters. The minimum absolute atomic E-state index is 0.0117. The maximum Gasteiger partial charge on any atom is 0.0881 e. The molecule has 1 aliphatic rings. The first-order valence-corrected chi connectivity index (χ1v) is 7.03. The van der Waals surface area contributed by atoms with Gasteiger partial charge in [0.25, 0.3) is 0 Å². The van der Waals surface area contributed by atoms with Crippen molar-refractivity contribution in [2.75, 3.05) is 11.9 Å². The Hall–Kier alpha value is -1.55. The second-order valence-corrected chi connectivity index (χ2v) is 5.63. The van der Waals surface area contributed by atoms with Gasteiger partial charge in [0.1, 0.15) is 0 Å². The number of nitrogens with zero attached hydrogens (tertiary/aromatic N) is 1. The highest BCUT2D eigenvalue weighted by Crippen LogP contribution is 2.30. The Kier molecular flexibility index (Phi) is 3.19. The minimum Gasteiger partial charge on any atom is -0.380 e. The van der Waals surface area contributed by atoms with Gasteiger partial charge in [-0.15, -0.1) is 0 Å². The van der Waals surface area contributed by atoms with Crippen LogP contribution >= 0.6 is 0 Å². The van der Waals surface area contributed by atoms with Gasteiger partial charge in [0.05, 0.1) is 23.0 Å². The molecule has 1 fully saturated rings. The zero-order valence-electron chi connectivity index (χ0n) is 11.6. The summed E-state index contributed by atoms with van der Waals surface area (Å²) in [7, 11) is 0. The molecule has 0 bridgehead atoms. The van der Waals surface area contributed by atoms with Crippen molar-refractivity contribution in [3.8, 4) is 0 Å². The van der Waals surface area contributed by atoms with Crippen molar-refractivity contribution in [3.63, 3.8) is 0 Å². The number of anilines is 1. The topological polar surface area (TPSA) is 49.9 Å². The van der Waals surface area contributed by atoms with Gasteiger partial charge in [-0.2, -0.15) is 5.10 Å². The molecule has 3 rings (SSSR count). The van der Waals surface area contributed by atoms with Gasteiger partial charge in [0, 0.05) is 18.0 Å². The molecule has 102 valence electrons. The predicted octanol–water partition coefficient (Wildman–Crippen LogP) is 3.32. The van der Waals surface area contributed by atoms with Gasteiger partial charge in [-0.25, -0.2) is 0 Å².